The second-order valence-corrected chi connectivity index (χ2v) is 3.97. The van der Waals surface area contributed by atoms with Crippen LogP contribution in [-0.2, 0) is 4.79 Å². The molecule has 0 aliphatic heterocycles. The average Bonchev–Trinajstić information content (AvgIpc) is 2.20. The van der Waals surface area contributed by atoms with Gasteiger partial charge in [0.2, 0.25) is 0 Å². The van der Waals surface area contributed by atoms with Crippen molar-refractivity contribution in [2.45, 2.75) is 25.2 Å². The van der Waals surface area contributed by atoms with E-state index in [-0.39, 0.29) is 17.5 Å². The smallest absolute Gasteiger partial charge is 0.144 e. The van der Waals surface area contributed by atoms with E-state index in [1.54, 1.807) is 18.2 Å². The normalized spacial score (nSPS) is 21.7. The number of benzene rings is 1. The molecule has 1 aromatic rings. The number of carbonyl (C=O) groups is 1. The number of carbonyl (C=O) groups excluding carboxylic acids is 1. The fraction of sp³-hybridized carbons (Fsp3) is 0.308. The highest BCUT2D eigenvalue weighted by molar-refractivity contribution is 5.90. The van der Waals surface area contributed by atoms with Gasteiger partial charge < -0.3 is 5.11 Å². The van der Waals surface area contributed by atoms with Crippen molar-refractivity contribution in [2.75, 3.05) is 0 Å². The van der Waals surface area contributed by atoms with Crippen molar-refractivity contribution in [2.24, 2.45) is 0 Å². The van der Waals surface area contributed by atoms with E-state index < -0.39 is 0 Å². The largest absolute Gasteiger partial charge is 0.508 e. The molecule has 2 nitrogen and oxygen atoms in total. The summed E-state index contributed by atoms with van der Waals surface area (Å²) in [5.41, 5.74) is 1.62. The Hall–Kier alpha value is -1.57. The van der Waals surface area contributed by atoms with E-state index >= 15 is 0 Å². The van der Waals surface area contributed by atoms with Crippen LogP contribution in [0.1, 0.15) is 30.7 Å². The van der Waals surface area contributed by atoms with Gasteiger partial charge in [0, 0.05) is 12.0 Å². The van der Waals surface area contributed by atoms with Crippen molar-refractivity contribution in [1.29, 1.82) is 0 Å². The van der Waals surface area contributed by atoms with Crippen molar-refractivity contribution in [3.05, 3.63) is 42.0 Å². The lowest BCUT2D eigenvalue weighted by atomic mass is 9.79. The van der Waals surface area contributed by atoms with Crippen molar-refractivity contribution in [3.63, 3.8) is 0 Å². The molecule has 2 rings (SSSR count). The molecule has 0 spiro atoms. The minimum atomic E-state index is -0.292. The van der Waals surface area contributed by atoms with Crippen LogP contribution in [0.4, 0.5) is 0 Å². The predicted molar refractivity (Wildman–Crippen MR) is 58.8 cm³/mol. The highest BCUT2D eigenvalue weighted by atomic mass is 16.3. The van der Waals surface area contributed by atoms with Crippen LogP contribution < -0.4 is 0 Å². The Morgan fingerprint density at radius 3 is 2.67 bits per heavy atom. The SMILES string of the molecule is C=C1CCCC(=O)C1c1ccccc1O. The third-order valence-corrected chi connectivity index (χ3v) is 2.90. The molecule has 1 saturated carbocycles. The lowest BCUT2D eigenvalue weighted by Gasteiger charge is -2.24. The Kier molecular flexibility index (Phi) is 2.58. The molecule has 0 bridgehead atoms. The molecule has 1 aliphatic rings. The zero-order chi connectivity index (χ0) is 10.8. The highest BCUT2D eigenvalue weighted by Crippen LogP contribution is 2.37. The van der Waals surface area contributed by atoms with Gasteiger partial charge >= 0.3 is 0 Å². The van der Waals surface area contributed by atoms with Crippen LogP contribution in [0.5, 0.6) is 5.75 Å². The molecule has 0 saturated heterocycles. The van der Waals surface area contributed by atoms with Crippen LogP contribution in [-0.4, -0.2) is 10.9 Å². The van der Waals surface area contributed by atoms with E-state index in [0.29, 0.717) is 12.0 Å². The molecule has 0 heterocycles. The Bertz CT molecular complexity index is 391. The lowest BCUT2D eigenvalue weighted by Crippen LogP contribution is -2.19. The first-order valence-electron chi connectivity index (χ1n) is 5.18. The molecular weight excluding hydrogens is 188 g/mol. The standard InChI is InChI=1S/C13H14O2/c1-9-5-4-8-12(15)13(9)10-6-2-3-7-11(10)14/h2-3,6-7,13-14H,1,4-5,8H2. The number of hydrogen-bond donors (Lipinski definition) is 1. The third-order valence-electron chi connectivity index (χ3n) is 2.90. The lowest BCUT2D eigenvalue weighted by molar-refractivity contribution is -0.120. The molecule has 1 fully saturated rings. The zero-order valence-electron chi connectivity index (χ0n) is 8.57. The molecule has 0 radical (unpaired) electrons. The first-order chi connectivity index (χ1) is 7.20. The van der Waals surface area contributed by atoms with E-state index in [0.717, 1.165) is 18.4 Å². The summed E-state index contributed by atoms with van der Waals surface area (Å²) in [5.74, 6) is 0.0756. The van der Waals surface area contributed by atoms with Crippen LogP contribution in [0.2, 0.25) is 0 Å². The van der Waals surface area contributed by atoms with Gasteiger partial charge in [-0.2, -0.15) is 0 Å². The maximum atomic E-state index is 11.8. The maximum Gasteiger partial charge on any atom is 0.144 e. The van der Waals surface area contributed by atoms with Crippen LogP contribution in [0.3, 0.4) is 0 Å². The topological polar surface area (TPSA) is 37.3 Å². The van der Waals surface area contributed by atoms with Gasteiger partial charge in [-0.25, -0.2) is 0 Å². The first kappa shape index (κ1) is 9.97. The third kappa shape index (κ3) is 1.80. The van der Waals surface area contributed by atoms with Gasteiger partial charge in [0.1, 0.15) is 11.5 Å². The van der Waals surface area contributed by atoms with Gasteiger partial charge in [-0.05, 0) is 18.9 Å². The fourth-order valence-electron chi connectivity index (χ4n) is 2.13. The summed E-state index contributed by atoms with van der Waals surface area (Å²) < 4.78 is 0. The van der Waals surface area contributed by atoms with Gasteiger partial charge in [0.25, 0.3) is 0 Å². The van der Waals surface area contributed by atoms with Crippen molar-refractivity contribution in [3.8, 4) is 5.75 Å². The Morgan fingerprint density at radius 2 is 2.00 bits per heavy atom. The maximum absolute atomic E-state index is 11.8. The molecular formula is C13H14O2. The summed E-state index contributed by atoms with van der Waals surface area (Å²) >= 11 is 0. The van der Waals surface area contributed by atoms with E-state index in [1.165, 1.54) is 0 Å². The molecule has 1 aliphatic carbocycles. The number of phenolic OH excluding ortho intramolecular Hbond substituents is 1. The van der Waals surface area contributed by atoms with Crippen LogP contribution in [0.15, 0.2) is 36.4 Å². The minimum absolute atomic E-state index is 0.174. The molecule has 0 amide bonds. The van der Waals surface area contributed by atoms with E-state index in [4.69, 9.17) is 0 Å². The molecule has 2 heteroatoms. The van der Waals surface area contributed by atoms with Gasteiger partial charge in [-0.15, -0.1) is 0 Å². The van der Waals surface area contributed by atoms with Gasteiger partial charge in [0.05, 0.1) is 5.92 Å². The summed E-state index contributed by atoms with van der Waals surface area (Å²) in [6.07, 6.45) is 2.37. The monoisotopic (exact) mass is 202 g/mol. The average molecular weight is 202 g/mol. The second-order valence-electron chi connectivity index (χ2n) is 3.97. The Labute approximate surface area is 89.2 Å². The van der Waals surface area contributed by atoms with Gasteiger partial charge in [-0.1, -0.05) is 30.4 Å². The number of hydrogen-bond acceptors (Lipinski definition) is 2. The van der Waals surface area contributed by atoms with Gasteiger partial charge in [-0.3, -0.25) is 4.79 Å². The number of ketones is 1. The molecule has 1 atom stereocenters. The number of Topliss-reactive ketones (excluding diaryl/α,β-unsaturated/α-hetero) is 1. The summed E-state index contributed by atoms with van der Waals surface area (Å²) in [6, 6.07) is 7.01. The quantitative estimate of drug-likeness (QED) is 0.711. The molecule has 1 N–H and O–H groups in total. The molecule has 78 valence electrons. The number of rotatable bonds is 1. The zero-order valence-corrected chi connectivity index (χ0v) is 8.57. The molecule has 0 aromatic heterocycles. The number of para-hydroxylation sites is 1. The number of allylic oxidation sites excluding steroid dienone is 1. The Balaban J connectivity index is 2.40. The second kappa shape index (κ2) is 3.89. The van der Waals surface area contributed by atoms with Crippen molar-refractivity contribution >= 4 is 5.78 Å². The van der Waals surface area contributed by atoms with E-state index in [9.17, 15) is 9.90 Å². The van der Waals surface area contributed by atoms with E-state index in [2.05, 4.69) is 6.58 Å². The van der Waals surface area contributed by atoms with Crippen LogP contribution >= 0.6 is 0 Å². The first-order valence-corrected chi connectivity index (χ1v) is 5.18. The molecule has 1 aromatic carbocycles. The van der Waals surface area contributed by atoms with Crippen molar-refractivity contribution < 1.29 is 9.90 Å². The minimum Gasteiger partial charge on any atom is -0.508 e. The van der Waals surface area contributed by atoms with E-state index in [1.807, 2.05) is 6.07 Å². The summed E-state index contributed by atoms with van der Waals surface area (Å²) in [7, 11) is 0. The summed E-state index contributed by atoms with van der Waals surface area (Å²) in [5, 5.41) is 9.70. The summed E-state index contributed by atoms with van der Waals surface area (Å²) in [6.45, 7) is 3.93. The number of phenols is 1. The van der Waals surface area contributed by atoms with Gasteiger partial charge in [0.15, 0.2) is 0 Å². The van der Waals surface area contributed by atoms with Crippen molar-refractivity contribution in [1.82, 2.24) is 0 Å². The summed E-state index contributed by atoms with van der Waals surface area (Å²) in [4.78, 5) is 11.8. The molecule has 1 unspecified atom stereocenters. The van der Waals surface area contributed by atoms with Crippen LogP contribution in [0, 0.1) is 0 Å². The fourth-order valence-corrected chi connectivity index (χ4v) is 2.13. The highest BCUT2D eigenvalue weighted by Gasteiger charge is 2.28. The predicted octanol–water partition coefficient (Wildman–Crippen LogP) is 2.79. The Morgan fingerprint density at radius 1 is 1.27 bits per heavy atom. The van der Waals surface area contributed by atoms with Crippen LogP contribution in [0.25, 0.3) is 0 Å². The molecule has 15 heavy (non-hydrogen) atoms. The number of aromatic hydroxyl groups is 1.